The first-order valence-electron chi connectivity index (χ1n) is 10.3. The van der Waals surface area contributed by atoms with Crippen molar-refractivity contribution in [2.45, 2.75) is 25.8 Å². The molecular formula is C21H36N5O+. The SMILES string of the molecule is CNCCN(C)CC1C[N+]2(CCCC2)N(C)C1c1cccc(NC(C)=O)c1. The highest BCUT2D eigenvalue weighted by molar-refractivity contribution is 5.88. The second kappa shape index (κ2) is 8.69. The Hall–Kier alpha value is -1.47. The Bertz CT molecular complexity index is 643. The quantitative estimate of drug-likeness (QED) is 0.716. The van der Waals surface area contributed by atoms with Crippen LogP contribution in [-0.4, -0.2) is 80.8 Å². The minimum atomic E-state index is -0.0154. The molecule has 2 aliphatic heterocycles. The standard InChI is InChI=1S/C21H35N5O/c1-17(27)23-20-9-7-8-18(14-20)21-19(15-24(3)11-10-22-2)16-26(25(21)4)12-5-6-13-26/h7-9,14,19,21-22H,5-6,10-13,15-16H2,1-4H3/p+1. The summed E-state index contributed by atoms with van der Waals surface area (Å²) in [6.45, 7) is 8.48. The maximum atomic E-state index is 11.5. The molecule has 1 spiro atoms. The van der Waals surface area contributed by atoms with Crippen molar-refractivity contribution >= 4 is 11.6 Å². The predicted molar refractivity (Wildman–Crippen MR) is 110 cm³/mol. The van der Waals surface area contributed by atoms with Gasteiger partial charge in [-0.05, 0) is 31.8 Å². The lowest BCUT2D eigenvalue weighted by molar-refractivity contribution is -1.01. The topological polar surface area (TPSA) is 47.6 Å². The summed E-state index contributed by atoms with van der Waals surface area (Å²) in [5.41, 5.74) is 2.22. The smallest absolute Gasteiger partial charge is 0.221 e. The van der Waals surface area contributed by atoms with E-state index >= 15 is 0 Å². The summed E-state index contributed by atoms with van der Waals surface area (Å²) in [6, 6.07) is 8.83. The molecule has 2 N–H and O–H groups in total. The Morgan fingerprint density at radius 3 is 2.74 bits per heavy atom. The lowest BCUT2D eigenvalue weighted by Gasteiger charge is -2.37. The summed E-state index contributed by atoms with van der Waals surface area (Å²) in [4.78, 5) is 13.9. The van der Waals surface area contributed by atoms with Gasteiger partial charge in [0.25, 0.3) is 0 Å². The van der Waals surface area contributed by atoms with Gasteiger partial charge in [0.05, 0.1) is 19.1 Å². The van der Waals surface area contributed by atoms with Gasteiger partial charge < -0.3 is 15.5 Å². The number of hydrogen-bond acceptors (Lipinski definition) is 4. The number of benzene rings is 1. The van der Waals surface area contributed by atoms with Gasteiger partial charge in [-0.25, -0.2) is 4.59 Å². The Balaban J connectivity index is 1.85. The van der Waals surface area contributed by atoms with Crippen molar-refractivity contribution in [3.05, 3.63) is 29.8 Å². The van der Waals surface area contributed by atoms with Gasteiger partial charge in [-0.3, -0.25) is 4.79 Å². The van der Waals surface area contributed by atoms with E-state index in [2.05, 4.69) is 52.8 Å². The van der Waals surface area contributed by atoms with E-state index in [0.717, 1.165) is 29.9 Å². The normalized spacial score (nSPS) is 24.8. The number of amides is 1. The number of carbonyl (C=O) groups is 1. The number of nitrogens with one attached hydrogen (secondary N) is 2. The monoisotopic (exact) mass is 374 g/mol. The van der Waals surface area contributed by atoms with Crippen LogP contribution in [0.4, 0.5) is 5.69 Å². The third kappa shape index (κ3) is 4.51. The van der Waals surface area contributed by atoms with E-state index in [1.807, 2.05) is 13.1 Å². The minimum absolute atomic E-state index is 0.0154. The van der Waals surface area contributed by atoms with Crippen molar-refractivity contribution in [3.8, 4) is 0 Å². The molecule has 1 amide bonds. The molecule has 150 valence electrons. The van der Waals surface area contributed by atoms with Crippen molar-refractivity contribution in [1.29, 1.82) is 0 Å². The lowest BCUT2D eigenvalue weighted by atomic mass is 9.93. The fourth-order valence-corrected chi connectivity index (χ4v) is 5.10. The highest BCUT2D eigenvalue weighted by Gasteiger charge is 2.52. The van der Waals surface area contributed by atoms with Crippen LogP contribution in [0, 0.1) is 5.92 Å². The molecule has 1 aromatic carbocycles. The van der Waals surface area contributed by atoms with Gasteiger partial charge in [0.1, 0.15) is 6.54 Å². The van der Waals surface area contributed by atoms with E-state index in [-0.39, 0.29) is 5.91 Å². The number of rotatable bonds is 7. The largest absolute Gasteiger partial charge is 0.326 e. The molecule has 0 saturated carbocycles. The second-order valence-corrected chi connectivity index (χ2v) is 8.38. The van der Waals surface area contributed by atoms with Gasteiger partial charge in [0.15, 0.2) is 0 Å². The van der Waals surface area contributed by atoms with Crippen LogP contribution in [0.2, 0.25) is 0 Å². The van der Waals surface area contributed by atoms with Crippen LogP contribution in [-0.2, 0) is 4.79 Å². The van der Waals surface area contributed by atoms with E-state index in [9.17, 15) is 4.79 Å². The van der Waals surface area contributed by atoms with Gasteiger partial charge in [-0.15, -0.1) is 0 Å². The molecule has 6 nitrogen and oxygen atoms in total. The molecule has 2 fully saturated rings. The minimum Gasteiger partial charge on any atom is -0.326 e. The molecular weight excluding hydrogens is 338 g/mol. The number of anilines is 1. The van der Waals surface area contributed by atoms with E-state index in [1.54, 1.807) is 6.92 Å². The van der Waals surface area contributed by atoms with Crippen LogP contribution in [0.15, 0.2) is 24.3 Å². The summed E-state index contributed by atoms with van der Waals surface area (Å²) < 4.78 is 1.12. The maximum absolute atomic E-state index is 11.5. The van der Waals surface area contributed by atoms with Crippen molar-refractivity contribution in [3.63, 3.8) is 0 Å². The Kier molecular flexibility index (Phi) is 6.52. The van der Waals surface area contributed by atoms with Gasteiger partial charge >= 0.3 is 0 Å². The third-order valence-electron chi connectivity index (χ3n) is 6.33. The molecule has 1 aromatic rings. The summed E-state index contributed by atoms with van der Waals surface area (Å²) in [7, 11) is 6.54. The highest BCUT2D eigenvalue weighted by Crippen LogP contribution is 2.43. The second-order valence-electron chi connectivity index (χ2n) is 8.38. The van der Waals surface area contributed by atoms with Gasteiger partial charge in [0.2, 0.25) is 5.91 Å². The fraction of sp³-hybridized carbons (Fsp3) is 0.667. The maximum Gasteiger partial charge on any atom is 0.221 e. The zero-order chi connectivity index (χ0) is 19.4. The lowest BCUT2D eigenvalue weighted by Crippen LogP contribution is -2.52. The van der Waals surface area contributed by atoms with Crippen LogP contribution in [0.1, 0.15) is 31.4 Å². The predicted octanol–water partition coefficient (Wildman–Crippen LogP) is 1.92. The number of carbonyl (C=O) groups excluding carboxylic acids is 1. The van der Waals surface area contributed by atoms with E-state index in [1.165, 1.54) is 38.0 Å². The number of quaternary nitrogens is 1. The molecule has 27 heavy (non-hydrogen) atoms. The van der Waals surface area contributed by atoms with Crippen LogP contribution < -0.4 is 10.6 Å². The summed E-state index contributed by atoms with van der Waals surface area (Å²) in [6.07, 6.45) is 2.65. The third-order valence-corrected chi connectivity index (χ3v) is 6.33. The zero-order valence-corrected chi connectivity index (χ0v) is 17.4. The molecule has 3 rings (SSSR count). The van der Waals surface area contributed by atoms with Crippen LogP contribution in [0.3, 0.4) is 0 Å². The Morgan fingerprint density at radius 2 is 2.07 bits per heavy atom. The van der Waals surface area contributed by atoms with Crippen LogP contribution in [0.5, 0.6) is 0 Å². The summed E-state index contributed by atoms with van der Waals surface area (Å²) >= 11 is 0. The molecule has 0 aromatic heterocycles. The molecule has 6 heteroatoms. The van der Waals surface area contributed by atoms with Crippen molar-refractivity contribution in [2.75, 3.05) is 65.7 Å². The number of hydrogen-bond donors (Lipinski definition) is 2. The first-order valence-corrected chi connectivity index (χ1v) is 10.3. The van der Waals surface area contributed by atoms with Gasteiger partial charge in [0, 0.05) is 58.1 Å². The Morgan fingerprint density at radius 1 is 1.33 bits per heavy atom. The van der Waals surface area contributed by atoms with Crippen LogP contribution in [0.25, 0.3) is 0 Å². The molecule has 0 radical (unpaired) electrons. The molecule has 0 aliphatic carbocycles. The van der Waals surface area contributed by atoms with E-state index in [0.29, 0.717) is 12.0 Å². The fourth-order valence-electron chi connectivity index (χ4n) is 5.10. The summed E-state index contributed by atoms with van der Waals surface area (Å²) in [5, 5.41) is 8.81. The molecule has 2 unspecified atom stereocenters. The molecule has 2 saturated heterocycles. The first kappa shape index (κ1) is 20.3. The number of likely N-dealkylation sites (N-methyl/N-ethyl adjacent to an activating group) is 2. The summed E-state index contributed by atoms with van der Waals surface area (Å²) in [5.74, 6) is 0.570. The van der Waals surface area contributed by atoms with E-state index in [4.69, 9.17) is 0 Å². The van der Waals surface area contributed by atoms with Crippen molar-refractivity contribution in [2.24, 2.45) is 5.92 Å². The molecule has 2 aliphatic rings. The molecule has 0 bridgehead atoms. The molecule has 2 atom stereocenters. The van der Waals surface area contributed by atoms with Crippen LogP contribution >= 0.6 is 0 Å². The number of nitrogens with zero attached hydrogens (tertiary/aromatic N) is 3. The van der Waals surface area contributed by atoms with Crippen molar-refractivity contribution in [1.82, 2.24) is 15.2 Å². The average molecular weight is 375 g/mol. The zero-order valence-electron chi connectivity index (χ0n) is 17.4. The van der Waals surface area contributed by atoms with Gasteiger partial charge in [-0.2, -0.15) is 5.01 Å². The van der Waals surface area contributed by atoms with E-state index < -0.39 is 0 Å². The van der Waals surface area contributed by atoms with Crippen molar-refractivity contribution < 1.29 is 9.39 Å². The Labute approximate surface area is 164 Å². The molecule has 2 heterocycles. The first-order chi connectivity index (χ1) is 12.9. The van der Waals surface area contributed by atoms with Gasteiger partial charge in [-0.1, -0.05) is 12.1 Å². The average Bonchev–Trinajstić information content (AvgIpc) is 3.19. The highest BCUT2D eigenvalue weighted by atomic mass is 16.1.